The lowest BCUT2D eigenvalue weighted by Crippen LogP contribution is -1.92. The van der Waals surface area contributed by atoms with E-state index in [2.05, 4.69) is 0 Å². The van der Waals surface area contributed by atoms with Crippen molar-refractivity contribution in [2.45, 2.75) is 12.8 Å². The molecule has 1 aliphatic carbocycles. The van der Waals surface area contributed by atoms with Crippen LogP contribution in [0.15, 0.2) is 36.4 Å². The van der Waals surface area contributed by atoms with Crippen molar-refractivity contribution >= 4 is 5.78 Å². The molecule has 1 nitrogen and oxygen atoms in total. The van der Waals surface area contributed by atoms with Gasteiger partial charge in [0.15, 0.2) is 5.78 Å². The summed E-state index contributed by atoms with van der Waals surface area (Å²) in [5.74, 6) is -1.13. The molecule has 0 bridgehead atoms. The average Bonchev–Trinajstić information content (AvgIpc) is 2.69. The van der Waals surface area contributed by atoms with Crippen molar-refractivity contribution in [1.82, 2.24) is 0 Å². The molecule has 1 aliphatic rings. The summed E-state index contributed by atoms with van der Waals surface area (Å²) < 4.78 is 26.3. The molecular weight excluding hydrogens is 234 g/mol. The van der Waals surface area contributed by atoms with Gasteiger partial charge in [-0.25, -0.2) is 8.78 Å². The molecule has 0 spiro atoms. The molecule has 2 aromatic rings. The maximum Gasteiger partial charge on any atom is 0.163 e. The summed E-state index contributed by atoms with van der Waals surface area (Å²) in [7, 11) is 0. The molecule has 0 amide bonds. The van der Waals surface area contributed by atoms with Crippen molar-refractivity contribution in [3.05, 3.63) is 59.2 Å². The van der Waals surface area contributed by atoms with E-state index in [1.54, 1.807) is 12.1 Å². The highest BCUT2D eigenvalue weighted by Gasteiger charge is 2.19. The monoisotopic (exact) mass is 244 g/mol. The smallest absolute Gasteiger partial charge is 0.163 e. The van der Waals surface area contributed by atoms with E-state index in [0.717, 1.165) is 18.1 Å². The Morgan fingerprint density at radius 1 is 0.833 bits per heavy atom. The lowest BCUT2D eigenvalue weighted by molar-refractivity contribution is 0.0994. The number of Topliss-reactive ketones (excluding diaryl/α,β-unsaturated/α-hetero) is 1. The number of halogens is 2. The molecule has 0 saturated carbocycles. The zero-order valence-corrected chi connectivity index (χ0v) is 9.54. The van der Waals surface area contributed by atoms with Crippen LogP contribution in [0.1, 0.15) is 22.3 Å². The molecule has 0 aliphatic heterocycles. The number of fused-ring (bicyclic) bond motifs is 1. The first-order chi connectivity index (χ1) is 8.63. The molecule has 3 heteroatoms. The first-order valence-electron chi connectivity index (χ1n) is 5.76. The molecule has 18 heavy (non-hydrogen) atoms. The number of benzene rings is 2. The SMILES string of the molecule is O=C1CCc2ccc(-c3cc(F)cc(F)c3)cc21. The van der Waals surface area contributed by atoms with Crippen molar-refractivity contribution in [1.29, 1.82) is 0 Å². The Morgan fingerprint density at radius 2 is 1.56 bits per heavy atom. The summed E-state index contributed by atoms with van der Waals surface area (Å²) >= 11 is 0. The number of carbonyl (C=O) groups excluding carboxylic acids is 1. The van der Waals surface area contributed by atoms with Crippen molar-refractivity contribution in [3.8, 4) is 11.1 Å². The highest BCUT2D eigenvalue weighted by molar-refractivity contribution is 6.01. The fraction of sp³-hybridized carbons (Fsp3) is 0.133. The van der Waals surface area contributed by atoms with Gasteiger partial charge in [-0.15, -0.1) is 0 Å². The fourth-order valence-corrected chi connectivity index (χ4v) is 2.34. The number of aryl methyl sites for hydroxylation is 1. The highest BCUT2D eigenvalue weighted by atomic mass is 19.1. The summed E-state index contributed by atoms with van der Waals surface area (Å²) in [6, 6.07) is 8.75. The summed E-state index contributed by atoms with van der Waals surface area (Å²) in [4.78, 5) is 11.6. The second-order valence-electron chi connectivity index (χ2n) is 4.45. The number of rotatable bonds is 1. The van der Waals surface area contributed by atoms with E-state index >= 15 is 0 Å². The lowest BCUT2D eigenvalue weighted by Gasteiger charge is -2.05. The van der Waals surface area contributed by atoms with Crippen LogP contribution in [-0.2, 0) is 6.42 Å². The summed E-state index contributed by atoms with van der Waals surface area (Å²) in [6.45, 7) is 0. The number of ketones is 1. The molecule has 0 fully saturated rings. The fourth-order valence-electron chi connectivity index (χ4n) is 2.34. The third-order valence-corrected chi connectivity index (χ3v) is 3.23. The lowest BCUT2D eigenvalue weighted by atomic mass is 10.00. The van der Waals surface area contributed by atoms with Crippen LogP contribution in [0.25, 0.3) is 11.1 Å². The van der Waals surface area contributed by atoms with Crippen LogP contribution in [0.5, 0.6) is 0 Å². The molecule has 0 radical (unpaired) electrons. The molecule has 0 N–H and O–H groups in total. The van der Waals surface area contributed by atoms with Gasteiger partial charge in [0.25, 0.3) is 0 Å². The Morgan fingerprint density at radius 3 is 2.28 bits per heavy atom. The van der Waals surface area contributed by atoms with Crippen molar-refractivity contribution in [2.24, 2.45) is 0 Å². The van der Waals surface area contributed by atoms with E-state index in [0.29, 0.717) is 23.1 Å². The normalized spacial score (nSPS) is 13.8. The first-order valence-corrected chi connectivity index (χ1v) is 5.76. The highest BCUT2D eigenvalue weighted by Crippen LogP contribution is 2.28. The second kappa shape index (κ2) is 4.02. The molecule has 0 unspecified atom stereocenters. The Bertz CT molecular complexity index is 627. The molecule has 0 aromatic heterocycles. The molecule has 90 valence electrons. The van der Waals surface area contributed by atoms with E-state index in [4.69, 9.17) is 0 Å². The van der Waals surface area contributed by atoms with Crippen LogP contribution in [-0.4, -0.2) is 5.78 Å². The minimum atomic E-state index is -0.614. The van der Waals surface area contributed by atoms with Crippen LogP contribution in [0.4, 0.5) is 8.78 Å². The standard InChI is InChI=1S/C15H10F2O/c16-12-5-11(6-13(17)8-12)10-2-1-9-3-4-15(18)14(9)7-10/h1-2,5-8H,3-4H2. The third-order valence-electron chi connectivity index (χ3n) is 3.23. The Kier molecular flexibility index (Phi) is 2.47. The van der Waals surface area contributed by atoms with Crippen LogP contribution < -0.4 is 0 Å². The average molecular weight is 244 g/mol. The van der Waals surface area contributed by atoms with E-state index < -0.39 is 11.6 Å². The van der Waals surface area contributed by atoms with Gasteiger partial charge >= 0.3 is 0 Å². The predicted molar refractivity (Wildman–Crippen MR) is 64.4 cm³/mol. The zero-order chi connectivity index (χ0) is 12.7. The van der Waals surface area contributed by atoms with Crippen molar-refractivity contribution in [3.63, 3.8) is 0 Å². The number of carbonyl (C=O) groups is 1. The zero-order valence-electron chi connectivity index (χ0n) is 9.54. The predicted octanol–water partition coefficient (Wildman–Crippen LogP) is 3.76. The molecule has 0 atom stereocenters. The van der Waals surface area contributed by atoms with E-state index in [-0.39, 0.29) is 5.78 Å². The molecule has 2 aromatic carbocycles. The van der Waals surface area contributed by atoms with Gasteiger partial charge in [0, 0.05) is 18.1 Å². The van der Waals surface area contributed by atoms with Crippen molar-refractivity contribution in [2.75, 3.05) is 0 Å². The van der Waals surface area contributed by atoms with Gasteiger partial charge < -0.3 is 0 Å². The third kappa shape index (κ3) is 1.82. The van der Waals surface area contributed by atoms with Crippen LogP contribution in [0.3, 0.4) is 0 Å². The van der Waals surface area contributed by atoms with Crippen LogP contribution in [0.2, 0.25) is 0 Å². The van der Waals surface area contributed by atoms with E-state index in [9.17, 15) is 13.6 Å². The minimum Gasteiger partial charge on any atom is -0.294 e. The van der Waals surface area contributed by atoms with Crippen LogP contribution >= 0.6 is 0 Å². The largest absolute Gasteiger partial charge is 0.294 e. The Hall–Kier alpha value is -2.03. The molecule has 3 rings (SSSR count). The van der Waals surface area contributed by atoms with Gasteiger partial charge in [0.1, 0.15) is 11.6 Å². The summed E-state index contributed by atoms with van der Waals surface area (Å²) in [6.07, 6.45) is 1.28. The maximum atomic E-state index is 13.2. The van der Waals surface area contributed by atoms with Gasteiger partial charge in [-0.3, -0.25) is 4.79 Å². The van der Waals surface area contributed by atoms with E-state index in [1.165, 1.54) is 12.1 Å². The first kappa shape index (κ1) is 11.1. The Balaban J connectivity index is 2.12. The molecule has 0 heterocycles. The number of hydrogen-bond donors (Lipinski definition) is 0. The summed E-state index contributed by atoms with van der Waals surface area (Å²) in [5.41, 5.74) is 2.81. The van der Waals surface area contributed by atoms with Gasteiger partial charge in [0.05, 0.1) is 0 Å². The molecular formula is C15H10F2O. The second-order valence-corrected chi connectivity index (χ2v) is 4.45. The van der Waals surface area contributed by atoms with Gasteiger partial charge in [-0.2, -0.15) is 0 Å². The topological polar surface area (TPSA) is 17.1 Å². The van der Waals surface area contributed by atoms with Gasteiger partial charge in [0.2, 0.25) is 0 Å². The van der Waals surface area contributed by atoms with Crippen LogP contribution in [0, 0.1) is 11.6 Å². The maximum absolute atomic E-state index is 13.2. The Labute approximate surface area is 103 Å². The minimum absolute atomic E-state index is 0.101. The number of hydrogen-bond acceptors (Lipinski definition) is 1. The molecule has 0 saturated heterocycles. The van der Waals surface area contributed by atoms with Crippen molar-refractivity contribution < 1.29 is 13.6 Å². The summed E-state index contributed by atoms with van der Waals surface area (Å²) in [5, 5.41) is 0. The van der Waals surface area contributed by atoms with E-state index in [1.807, 2.05) is 6.07 Å². The van der Waals surface area contributed by atoms with Gasteiger partial charge in [-0.1, -0.05) is 12.1 Å². The quantitative estimate of drug-likeness (QED) is 0.746. The van der Waals surface area contributed by atoms with Gasteiger partial charge in [-0.05, 0) is 41.3 Å².